The molecule has 0 spiro atoms. The number of nitrogens with zero attached hydrogens (tertiary/aromatic N) is 5. The van der Waals surface area contributed by atoms with Crippen molar-refractivity contribution in [2.24, 2.45) is 12.0 Å². The minimum atomic E-state index is 0.700. The van der Waals surface area contributed by atoms with Crippen molar-refractivity contribution in [3.63, 3.8) is 0 Å². The van der Waals surface area contributed by atoms with Gasteiger partial charge < -0.3 is 9.80 Å². The monoisotopic (exact) mass is 267 g/mol. The predicted octanol–water partition coefficient (Wildman–Crippen LogP) is 1.39. The standard InChI is InChI=1S/C12H18ClN5/c1-16-5-7-18(8-6-16)12-11-9(17(2)15-12)3-4-10(13)14-11/h3-8H2,1-2H3. The number of piperazine rings is 1. The molecule has 0 unspecified atom stereocenters. The highest BCUT2D eigenvalue weighted by molar-refractivity contribution is 6.65. The number of anilines is 1. The Bertz CT molecular complexity index is 485. The van der Waals surface area contributed by atoms with Crippen LogP contribution >= 0.6 is 11.6 Å². The van der Waals surface area contributed by atoms with Gasteiger partial charge in [0, 0.05) is 39.6 Å². The van der Waals surface area contributed by atoms with Gasteiger partial charge in [0.1, 0.15) is 10.9 Å². The van der Waals surface area contributed by atoms with Gasteiger partial charge in [0.25, 0.3) is 0 Å². The smallest absolute Gasteiger partial charge is 0.177 e. The average molecular weight is 268 g/mol. The van der Waals surface area contributed by atoms with Gasteiger partial charge in [-0.05, 0) is 13.5 Å². The van der Waals surface area contributed by atoms with Gasteiger partial charge in [0.05, 0.1) is 5.69 Å². The molecule has 0 radical (unpaired) electrons. The molecule has 1 fully saturated rings. The largest absolute Gasteiger partial charge is 0.351 e. The average Bonchev–Trinajstić information content (AvgIpc) is 2.67. The number of rotatable bonds is 1. The molecule has 0 amide bonds. The van der Waals surface area contributed by atoms with E-state index in [2.05, 4.69) is 26.9 Å². The van der Waals surface area contributed by atoms with Crippen molar-refractivity contribution in [2.45, 2.75) is 12.8 Å². The molecular weight excluding hydrogens is 250 g/mol. The van der Waals surface area contributed by atoms with Crippen molar-refractivity contribution < 1.29 is 0 Å². The lowest BCUT2D eigenvalue weighted by molar-refractivity contribution is 0.312. The van der Waals surface area contributed by atoms with E-state index in [-0.39, 0.29) is 0 Å². The Kier molecular flexibility index (Phi) is 3.03. The second-order valence-corrected chi connectivity index (χ2v) is 5.46. The zero-order valence-electron chi connectivity index (χ0n) is 10.9. The molecule has 0 bridgehead atoms. The summed E-state index contributed by atoms with van der Waals surface area (Å²) in [6.07, 6.45) is 1.77. The van der Waals surface area contributed by atoms with E-state index in [1.165, 1.54) is 5.69 Å². The van der Waals surface area contributed by atoms with Crippen molar-refractivity contribution in [1.29, 1.82) is 0 Å². The fourth-order valence-electron chi connectivity index (χ4n) is 2.56. The Hall–Kier alpha value is -1.07. The van der Waals surface area contributed by atoms with Crippen LogP contribution in [0.4, 0.5) is 11.5 Å². The summed E-state index contributed by atoms with van der Waals surface area (Å²) in [5, 5.41) is 5.33. The molecule has 1 saturated heterocycles. The van der Waals surface area contributed by atoms with Crippen LogP contribution in [0.25, 0.3) is 0 Å². The first-order valence-electron chi connectivity index (χ1n) is 6.37. The molecule has 1 aromatic heterocycles. The molecular formula is C12H18ClN5. The minimum Gasteiger partial charge on any atom is -0.351 e. The van der Waals surface area contributed by atoms with Gasteiger partial charge in [-0.15, -0.1) is 0 Å². The molecule has 0 saturated carbocycles. The number of aryl methyl sites for hydroxylation is 1. The summed E-state index contributed by atoms with van der Waals surface area (Å²) >= 11 is 6.07. The van der Waals surface area contributed by atoms with E-state index in [1.807, 2.05) is 11.7 Å². The lowest BCUT2D eigenvalue weighted by Crippen LogP contribution is -2.44. The summed E-state index contributed by atoms with van der Waals surface area (Å²) in [4.78, 5) is 9.16. The third-order valence-corrected chi connectivity index (χ3v) is 4.00. The molecule has 2 aliphatic heterocycles. The first-order chi connectivity index (χ1) is 8.65. The quantitative estimate of drug-likeness (QED) is 0.772. The van der Waals surface area contributed by atoms with E-state index in [1.54, 1.807) is 0 Å². The molecule has 6 heteroatoms. The van der Waals surface area contributed by atoms with Crippen molar-refractivity contribution >= 4 is 28.3 Å². The first kappa shape index (κ1) is 12.0. The Balaban J connectivity index is 1.94. The minimum absolute atomic E-state index is 0.700. The van der Waals surface area contributed by atoms with E-state index < -0.39 is 0 Å². The van der Waals surface area contributed by atoms with E-state index >= 15 is 0 Å². The van der Waals surface area contributed by atoms with E-state index in [0.29, 0.717) is 5.17 Å². The van der Waals surface area contributed by atoms with Crippen LogP contribution in [0.1, 0.15) is 12.1 Å². The Labute approximate surface area is 112 Å². The molecule has 5 nitrogen and oxygen atoms in total. The van der Waals surface area contributed by atoms with E-state index in [0.717, 1.165) is 50.5 Å². The van der Waals surface area contributed by atoms with Gasteiger partial charge in [0.2, 0.25) is 0 Å². The summed E-state index contributed by atoms with van der Waals surface area (Å²) < 4.78 is 1.95. The zero-order valence-corrected chi connectivity index (χ0v) is 11.6. The molecule has 0 N–H and O–H groups in total. The number of halogens is 1. The Morgan fingerprint density at radius 2 is 1.78 bits per heavy atom. The predicted molar refractivity (Wildman–Crippen MR) is 74.2 cm³/mol. The summed E-state index contributed by atoms with van der Waals surface area (Å²) in [5.41, 5.74) is 2.19. The molecule has 3 heterocycles. The lowest BCUT2D eigenvalue weighted by Gasteiger charge is -2.32. The van der Waals surface area contributed by atoms with Crippen LogP contribution in [0.3, 0.4) is 0 Å². The molecule has 0 aliphatic carbocycles. The van der Waals surface area contributed by atoms with Crippen molar-refractivity contribution in [2.75, 3.05) is 38.1 Å². The maximum absolute atomic E-state index is 6.07. The lowest BCUT2D eigenvalue weighted by atomic mass is 10.1. The Morgan fingerprint density at radius 3 is 2.50 bits per heavy atom. The summed E-state index contributed by atoms with van der Waals surface area (Å²) in [5.74, 6) is 0.999. The maximum atomic E-state index is 6.07. The fraction of sp³-hybridized carbons (Fsp3) is 0.667. The molecule has 1 aromatic rings. The molecule has 2 aliphatic rings. The van der Waals surface area contributed by atoms with Crippen LogP contribution in [0.15, 0.2) is 4.99 Å². The van der Waals surface area contributed by atoms with Crippen LogP contribution in [0.5, 0.6) is 0 Å². The summed E-state index contributed by atoms with van der Waals surface area (Å²) in [6.45, 7) is 4.16. The number of aliphatic imine (C=N–C) groups is 1. The second kappa shape index (κ2) is 4.55. The summed E-state index contributed by atoms with van der Waals surface area (Å²) in [6, 6.07) is 0. The van der Waals surface area contributed by atoms with Crippen LogP contribution in [0, 0.1) is 0 Å². The molecule has 0 aromatic carbocycles. The van der Waals surface area contributed by atoms with Crippen LogP contribution in [-0.2, 0) is 13.5 Å². The molecule has 18 heavy (non-hydrogen) atoms. The van der Waals surface area contributed by atoms with E-state index in [9.17, 15) is 0 Å². The van der Waals surface area contributed by atoms with Gasteiger partial charge in [0.15, 0.2) is 5.82 Å². The molecule has 0 atom stereocenters. The Morgan fingerprint density at radius 1 is 1.06 bits per heavy atom. The van der Waals surface area contributed by atoms with Gasteiger partial charge in [-0.1, -0.05) is 11.6 Å². The van der Waals surface area contributed by atoms with Gasteiger partial charge >= 0.3 is 0 Å². The molecule has 3 rings (SSSR count). The van der Waals surface area contributed by atoms with Crippen molar-refractivity contribution in [3.8, 4) is 0 Å². The van der Waals surface area contributed by atoms with E-state index in [4.69, 9.17) is 11.6 Å². The summed E-state index contributed by atoms with van der Waals surface area (Å²) in [7, 11) is 4.15. The number of likely N-dealkylation sites (N-methyl/N-ethyl adjacent to an activating group) is 1. The number of hydrogen-bond acceptors (Lipinski definition) is 4. The highest BCUT2D eigenvalue weighted by Gasteiger charge is 2.25. The van der Waals surface area contributed by atoms with Crippen LogP contribution < -0.4 is 4.90 Å². The van der Waals surface area contributed by atoms with Gasteiger partial charge in [-0.25, -0.2) is 4.99 Å². The SMILES string of the molecule is CN1CCN(c2nn(C)c3c2N=C(Cl)CC3)CC1. The maximum Gasteiger partial charge on any atom is 0.177 e. The third kappa shape index (κ3) is 2.01. The highest BCUT2D eigenvalue weighted by Crippen LogP contribution is 2.36. The van der Waals surface area contributed by atoms with Crippen LogP contribution in [-0.4, -0.2) is 53.1 Å². The van der Waals surface area contributed by atoms with Crippen molar-refractivity contribution in [1.82, 2.24) is 14.7 Å². The fourth-order valence-corrected chi connectivity index (χ4v) is 2.74. The third-order valence-electron chi connectivity index (χ3n) is 3.72. The number of aromatic nitrogens is 2. The zero-order chi connectivity index (χ0) is 12.7. The van der Waals surface area contributed by atoms with Crippen molar-refractivity contribution in [3.05, 3.63) is 5.69 Å². The second-order valence-electron chi connectivity index (χ2n) is 5.02. The topological polar surface area (TPSA) is 36.7 Å². The van der Waals surface area contributed by atoms with Gasteiger partial charge in [-0.2, -0.15) is 5.10 Å². The number of fused-ring (bicyclic) bond motifs is 1. The first-order valence-corrected chi connectivity index (χ1v) is 6.75. The number of hydrogen-bond donors (Lipinski definition) is 0. The normalized spacial score (nSPS) is 20.8. The van der Waals surface area contributed by atoms with Gasteiger partial charge in [-0.3, -0.25) is 4.68 Å². The molecule has 98 valence electrons. The highest BCUT2D eigenvalue weighted by atomic mass is 35.5. The van der Waals surface area contributed by atoms with Crippen LogP contribution in [0.2, 0.25) is 0 Å².